The lowest BCUT2D eigenvalue weighted by Crippen LogP contribution is -2.42. The van der Waals surface area contributed by atoms with Crippen molar-refractivity contribution in [1.29, 1.82) is 0 Å². The van der Waals surface area contributed by atoms with E-state index in [0.29, 0.717) is 5.41 Å². The third-order valence-corrected chi connectivity index (χ3v) is 4.64. The van der Waals surface area contributed by atoms with Crippen molar-refractivity contribution in [1.82, 2.24) is 10.2 Å². The van der Waals surface area contributed by atoms with Gasteiger partial charge in [-0.3, -0.25) is 0 Å². The number of piperidine rings is 1. The van der Waals surface area contributed by atoms with Crippen LogP contribution in [0.1, 0.15) is 24.8 Å². The van der Waals surface area contributed by atoms with Gasteiger partial charge in [-0.25, -0.2) is 0 Å². The molecule has 0 bridgehead atoms. The standard InChI is InChI=1S/C16H24N2/c1-2-5-15(6-3-1)7-11-18-12-9-16(14-18)8-4-10-17-13-16/h1-3,5-6,17H,4,7-14H2/t16-/m1/s1. The molecule has 1 aromatic carbocycles. The first-order valence-electron chi connectivity index (χ1n) is 7.33. The van der Waals surface area contributed by atoms with Crippen LogP contribution in [0.3, 0.4) is 0 Å². The van der Waals surface area contributed by atoms with Crippen molar-refractivity contribution < 1.29 is 0 Å². The summed E-state index contributed by atoms with van der Waals surface area (Å²) >= 11 is 0. The third-order valence-electron chi connectivity index (χ3n) is 4.64. The Labute approximate surface area is 110 Å². The molecular weight excluding hydrogens is 220 g/mol. The Hall–Kier alpha value is -0.860. The van der Waals surface area contributed by atoms with Crippen LogP contribution < -0.4 is 5.32 Å². The van der Waals surface area contributed by atoms with E-state index in [2.05, 4.69) is 40.5 Å². The minimum atomic E-state index is 0.606. The van der Waals surface area contributed by atoms with E-state index >= 15 is 0 Å². The first-order chi connectivity index (χ1) is 8.86. The minimum Gasteiger partial charge on any atom is -0.316 e. The fourth-order valence-corrected chi connectivity index (χ4v) is 3.53. The summed E-state index contributed by atoms with van der Waals surface area (Å²) in [6.07, 6.45) is 5.40. The number of benzene rings is 1. The molecular formula is C16H24N2. The number of hydrogen-bond acceptors (Lipinski definition) is 2. The zero-order valence-electron chi connectivity index (χ0n) is 11.2. The molecule has 1 atom stereocenters. The topological polar surface area (TPSA) is 15.3 Å². The summed E-state index contributed by atoms with van der Waals surface area (Å²) in [5.41, 5.74) is 2.08. The molecule has 2 fully saturated rings. The van der Waals surface area contributed by atoms with Crippen LogP contribution >= 0.6 is 0 Å². The molecule has 2 aliphatic heterocycles. The van der Waals surface area contributed by atoms with E-state index in [1.807, 2.05) is 0 Å². The Morgan fingerprint density at radius 2 is 2.06 bits per heavy atom. The molecule has 2 saturated heterocycles. The lowest BCUT2D eigenvalue weighted by atomic mass is 9.80. The van der Waals surface area contributed by atoms with Gasteiger partial charge in [0.15, 0.2) is 0 Å². The molecule has 1 N–H and O–H groups in total. The second-order valence-corrected chi connectivity index (χ2v) is 6.04. The highest BCUT2D eigenvalue weighted by molar-refractivity contribution is 5.15. The van der Waals surface area contributed by atoms with Crippen molar-refractivity contribution in [3.63, 3.8) is 0 Å². The van der Waals surface area contributed by atoms with Crippen molar-refractivity contribution in [2.75, 3.05) is 32.7 Å². The molecule has 0 saturated carbocycles. The molecule has 0 amide bonds. The van der Waals surface area contributed by atoms with Gasteiger partial charge in [-0.2, -0.15) is 0 Å². The van der Waals surface area contributed by atoms with Crippen LogP contribution in [0.15, 0.2) is 30.3 Å². The number of hydrogen-bond donors (Lipinski definition) is 1. The highest BCUT2D eigenvalue weighted by Crippen LogP contribution is 2.36. The highest BCUT2D eigenvalue weighted by Gasteiger charge is 2.38. The molecule has 2 nitrogen and oxygen atoms in total. The van der Waals surface area contributed by atoms with Gasteiger partial charge in [-0.1, -0.05) is 30.3 Å². The van der Waals surface area contributed by atoms with Gasteiger partial charge in [-0.05, 0) is 49.8 Å². The smallest absolute Gasteiger partial charge is 0.00508 e. The van der Waals surface area contributed by atoms with E-state index in [1.54, 1.807) is 0 Å². The van der Waals surface area contributed by atoms with Crippen molar-refractivity contribution in [3.8, 4) is 0 Å². The fourth-order valence-electron chi connectivity index (χ4n) is 3.53. The van der Waals surface area contributed by atoms with Crippen molar-refractivity contribution >= 4 is 0 Å². The van der Waals surface area contributed by atoms with Crippen LogP contribution in [0.2, 0.25) is 0 Å². The average Bonchev–Trinajstić information content (AvgIpc) is 2.82. The highest BCUT2D eigenvalue weighted by atomic mass is 15.2. The summed E-state index contributed by atoms with van der Waals surface area (Å²) in [5, 5.41) is 3.59. The van der Waals surface area contributed by atoms with Crippen LogP contribution in [-0.2, 0) is 6.42 Å². The van der Waals surface area contributed by atoms with Gasteiger partial charge >= 0.3 is 0 Å². The summed E-state index contributed by atoms with van der Waals surface area (Å²) in [6, 6.07) is 10.9. The molecule has 0 unspecified atom stereocenters. The largest absolute Gasteiger partial charge is 0.316 e. The molecule has 0 aromatic heterocycles. The zero-order valence-corrected chi connectivity index (χ0v) is 11.2. The van der Waals surface area contributed by atoms with Crippen LogP contribution in [0.25, 0.3) is 0 Å². The first kappa shape index (κ1) is 12.2. The maximum atomic E-state index is 3.59. The third kappa shape index (κ3) is 2.76. The van der Waals surface area contributed by atoms with Crippen molar-refractivity contribution in [2.45, 2.75) is 25.7 Å². The van der Waals surface area contributed by atoms with Gasteiger partial charge in [-0.15, -0.1) is 0 Å². The summed E-state index contributed by atoms with van der Waals surface area (Å²) in [4.78, 5) is 2.67. The van der Waals surface area contributed by atoms with Crippen LogP contribution in [0.5, 0.6) is 0 Å². The van der Waals surface area contributed by atoms with E-state index in [4.69, 9.17) is 0 Å². The van der Waals surface area contributed by atoms with Gasteiger partial charge in [0.05, 0.1) is 0 Å². The van der Waals surface area contributed by atoms with Crippen molar-refractivity contribution in [3.05, 3.63) is 35.9 Å². The van der Waals surface area contributed by atoms with E-state index in [0.717, 1.165) is 0 Å². The summed E-state index contributed by atoms with van der Waals surface area (Å²) < 4.78 is 0. The lowest BCUT2D eigenvalue weighted by molar-refractivity contribution is 0.203. The maximum absolute atomic E-state index is 3.59. The Balaban J connectivity index is 1.50. The maximum Gasteiger partial charge on any atom is 0.00508 e. The molecule has 3 rings (SSSR count). The fraction of sp³-hybridized carbons (Fsp3) is 0.625. The minimum absolute atomic E-state index is 0.606. The monoisotopic (exact) mass is 244 g/mol. The predicted molar refractivity (Wildman–Crippen MR) is 75.7 cm³/mol. The summed E-state index contributed by atoms with van der Waals surface area (Å²) in [7, 11) is 0. The Morgan fingerprint density at radius 1 is 1.17 bits per heavy atom. The molecule has 2 heteroatoms. The molecule has 0 radical (unpaired) electrons. The second kappa shape index (κ2) is 5.41. The molecule has 1 spiro atoms. The van der Waals surface area contributed by atoms with Crippen LogP contribution in [-0.4, -0.2) is 37.6 Å². The number of likely N-dealkylation sites (tertiary alicyclic amines) is 1. The number of nitrogens with zero attached hydrogens (tertiary/aromatic N) is 1. The quantitative estimate of drug-likeness (QED) is 0.878. The second-order valence-electron chi connectivity index (χ2n) is 6.04. The van der Waals surface area contributed by atoms with E-state index in [-0.39, 0.29) is 0 Å². The van der Waals surface area contributed by atoms with Gasteiger partial charge in [0.2, 0.25) is 0 Å². The van der Waals surface area contributed by atoms with Gasteiger partial charge in [0, 0.05) is 19.6 Å². The SMILES string of the molecule is c1ccc(CCN2CC[C@@]3(CCCNC3)C2)cc1. The average molecular weight is 244 g/mol. The van der Waals surface area contributed by atoms with Crippen molar-refractivity contribution in [2.24, 2.45) is 5.41 Å². The Kier molecular flexibility index (Phi) is 3.67. The normalized spacial score (nSPS) is 28.9. The zero-order chi connectivity index (χ0) is 12.3. The van der Waals surface area contributed by atoms with Gasteiger partial charge < -0.3 is 10.2 Å². The summed E-state index contributed by atoms with van der Waals surface area (Å²) in [5.74, 6) is 0. The van der Waals surface area contributed by atoms with E-state index in [9.17, 15) is 0 Å². The molecule has 18 heavy (non-hydrogen) atoms. The molecule has 0 aliphatic carbocycles. The molecule has 1 aromatic rings. The predicted octanol–water partition coefficient (Wildman–Crippen LogP) is 2.30. The Morgan fingerprint density at radius 3 is 2.83 bits per heavy atom. The van der Waals surface area contributed by atoms with Gasteiger partial charge in [0.25, 0.3) is 0 Å². The molecule has 2 aliphatic rings. The van der Waals surface area contributed by atoms with E-state index in [1.165, 1.54) is 64.0 Å². The van der Waals surface area contributed by atoms with Gasteiger partial charge in [0.1, 0.15) is 0 Å². The van der Waals surface area contributed by atoms with Crippen LogP contribution in [0, 0.1) is 5.41 Å². The lowest BCUT2D eigenvalue weighted by Gasteiger charge is -2.34. The van der Waals surface area contributed by atoms with E-state index < -0.39 is 0 Å². The summed E-state index contributed by atoms with van der Waals surface area (Å²) in [6.45, 7) is 6.31. The number of rotatable bonds is 3. The molecule has 98 valence electrons. The van der Waals surface area contributed by atoms with Crippen LogP contribution in [0.4, 0.5) is 0 Å². The first-order valence-corrected chi connectivity index (χ1v) is 7.33. The Bertz CT molecular complexity index is 368. The molecule has 2 heterocycles. The number of nitrogens with one attached hydrogen (secondary N) is 1.